The van der Waals surface area contributed by atoms with Crippen LogP contribution in [0.3, 0.4) is 0 Å². The highest BCUT2D eigenvalue weighted by atomic mass is 19.4. The SMILES string of the molecule is CC(C)[C@H](NC(=O)OCc1ccccc1)C(=O)C[C@@H](C)C(=O)N[C@@H](CC(=O)O)C(=O)c1ncc(-c2ccccc2C(F)(F)F)o1. The van der Waals surface area contributed by atoms with Gasteiger partial charge in [0.15, 0.2) is 11.5 Å². The second kappa shape index (κ2) is 15.1. The van der Waals surface area contributed by atoms with Crippen LogP contribution in [0.5, 0.6) is 0 Å². The summed E-state index contributed by atoms with van der Waals surface area (Å²) in [5, 5.41) is 14.1. The number of amides is 2. The van der Waals surface area contributed by atoms with Gasteiger partial charge in [-0.2, -0.15) is 13.2 Å². The summed E-state index contributed by atoms with van der Waals surface area (Å²) in [7, 11) is 0. The Morgan fingerprint density at radius 3 is 2.20 bits per heavy atom. The summed E-state index contributed by atoms with van der Waals surface area (Å²) in [6.45, 7) is 4.72. The van der Waals surface area contributed by atoms with Crippen LogP contribution in [0.25, 0.3) is 11.3 Å². The fourth-order valence-electron chi connectivity index (χ4n) is 4.34. The second-order valence-electron chi connectivity index (χ2n) is 10.6. The lowest BCUT2D eigenvalue weighted by Crippen LogP contribution is -2.47. The molecular weight excluding hydrogens is 599 g/mol. The summed E-state index contributed by atoms with van der Waals surface area (Å²) in [6.07, 6.45) is -5.95. The average Bonchev–Trinajstić information content (AvgIpc) is 3.48. The van der Waals surface area contributed by atoms with Gasteiger partial charge in [-0.15, -0.1) is 0 Å². The molecule has 0 radical (unpaired) electrons. The molecule has 3 atom stereocenters. The molecule has 2 aromatic carbocycles. The van der Waals surface area contributed by atoms with Crippen LogP contribution in [-0.4, -0.2) is 51.7 Å². The van der Waals surface area contributed by atoms with E-state index in [2.05, 4.69) is 15.6 Å². The van der Waals surface area contributed by atoms with Crippen molar-refractivity contribution in [2.45, 2.75) is 58.5 Å². The first-order chi connectivity index (χ1) is 21.2. The number of aromatic nitrogens is 1. The van der Waals surface area contributed by atoms with Crippen molar-refractivity contribution in [2.24, 2.45) is 11.8 Å². The van der Waals surface area contributed by atoms with Crippen molar-refractivity contribution in [3.05, 3.63) is 77.8 Å². The minimum Gasteiger partial charge on any atom is -0.481 e. The van der Waals surface area contributed by atoms with E-state index in [0.717, 1.165) is 23.9 Å². The molecule has 14 heteroatoms. The number of hydrogen-bond donors (Lipinski definition) is 3. The minimum absolute atomic E-state index is 0.0235. The molecule has 3 N–H and O–H groups in total. The maximum Gasteiger partial charge on any atom is 0.417 e. The van der Waals surface area contributed by atoms with Gasteiger partial charge < -0.3 is 24.9 Å². The van der Waals surface area contributed by atoms with Crippen molar-refractivity contribution in [3.8, 4) is 11.3 Å². The van der Waals surface area contributed by atoms with Gasteiger partial charge in [-0.05, 0) is 17.5 Å². The molecule has 0 aliphatic heterocycles. The Kier molecular flexibility index (Phi) is 11.6. The van der Waals surface area contributed by atoms with E-state index < -0.39 is 71.6 Å². The third kappa shape index (κ3) is 9.74. The van der Waals surface area contributed by atoms with Crippen molar-refractivity contribution in [3.63, 3.8) is 0 Å². The number of carbonyl (C=O) groups excluding carboxylic acids is 4. The number of ether oxygens (including phenoxy) is 1. The molecule has 0 spiro atoms. The van der Waals surface area contributed by atoms with Gasteiger partial charge in [-0.1, -0.05) is 69.3 Å². The number of alkyl carbamates (subject to hydrolysis) is 1. The third-order valence-electron chi connectivity index (χ3n) is 6.68. The number of aliphatic carboxylic acids is 1. The van der Waals surface area contributed by atoms with Crippen LogP contribution in [0.4, 0.5) is 18.0 Å². The van der Waals surface area contributed by atoms with Crippen LogP contribution >= 0.6 is 0 Å². The summed E-state index contributed by atoms with van der Waals surface area (Å²) in [4.78, 5) is 66.6. The lowest BCUT2D eigenvalue weighted by molar-refractivity contribution is -0.138. The monoisotopic (exact) mass is 631 g/mol. The van der Waals surface area contributed by atoms with E-state index >= 15 is 0 Å². The van der Waals surface area contributed by atoms with Crippen molar-refractivity contribution in [2.75, 3.05) is 0 Å². The molecule has 11 nitrogen and oxygen atoms in total. The molecule has 0 saturated heterocycles. The van der Waals surface area contributed by atoms with Crippen LogP contribution < -0.4 is 10.6 Å². The molecule has 1 heterocycles. The normalized spacial score (nSPS) is 13.4. The highest BCUT2D eigenvalue weighted by molar-refractivity contribution is 6.01. The first-order valence-corrected chi connectivity index (χ1v) is 13.9. The number of nitrogens with zero attached hydrogens (tertiary/aromatic N) is 1. The van der Waals surface area contributed by atoms with Gasteiger partial charge in [0.1, 0.15) is 12.6 Å². The van der Waals surface area contributed by atoms with E-state index in [-0.39, 0.29) is 30.3 Å². The summed E-state index contributed by atoms with van der Waals surface area (Å²) in [6, 6.07) is 10.6. The zero-order valence-corrected chi connectivity index (χ0v) is 24.6. The predicted octanol–water partition coefficient (Wildman–Crippen LogP) is 5.05. The quantitative estimate of drug-likeness (QED) is 0.207. The van der Waals surface area contributed by atoms with E-state index in [4.69, 9.17) is 9.15 Å². The third-order valence-corrected chi connectivity index (χ3v) is 6.68. The number of hydrogen-bond acceptors (Lipinski definition) is 8. The lowest BCUT2D eigenvalue weighted by Gasteiger charge is -2.23. The van der Waals surface area contributed by atoms with Gasteiger partial charge in [-0.25, -0.2) is 9.78 Å². The van der Waals surface area contributed by atoms with Gasteiger partial charge in [0.25, 0.3) is 5.89 Å². The molecular formula is C31H32F3N3O8. The minimum atomic E-state index is -4.73. The van der Waals surface area contributed by atoms with Crippen molar-refractivity contribution >= 4 is 29.5 Å². The first kappa shape index (κ1) is 34.5. The smallest absolute Gasteiger partial charge is 0.417 e. The largest absolute Gasteiger partial charge is 0.481 e. The Bertz CT molecular complexity index is 1520. The maximum atomic E-state index is 13.4. The maximum absolute atomic E-state index is 13.4. The zero-order chi connectivity index (χ0) is 33.3. The number of carbonyl (C=O) groups is 5. The molecule has 45 heavy (non-hydrogen) atoms. The average molecular weight is 632 g/mol. The number of ketones is 2. The number of nitrogens with one attached hydrogen (secondary N) is 2. The van der Waals surface area contributed by atoms with E-state index in [1.807, 2.05) is 0 Å². The number of oxazole rings is 1. The Hall–Kier alpha value is -5.01. The summed E-state index contributed by atoms with van der Waals surface area (Å²) in [5.41, 5.74) is -0.685. The number of carboxylic acid groups (broad SMARTS) is 1. The van der Waals surface area contributed by atoms with Gasteiger partial charge in [0.2, 0.25) is 11.7 Å². The van der Waals surface area contributed by atoms with Crippen molar-refractivity contribution in [1.29, 1.82) is 0 Å². The van der Waals surface area contributed by atoms with E-state index in [0.29, 0.717) is 0 Å². The predicted molar refractivity (Wildman–Crippen MR) is 153 cm³/mol. The number of alkyl halides is 3. The standard InChI is InChI=1S/C31H32F3N3O8/c1-17(2)26(37-30(43)44-16-19-9-5-4-6-10-19)23(38)13-18(3)28(42)36-22(14-25(39)40)27(41)29-35-15-24(45-29)20-11-7-8-12-21(20)31(32,33)34/h4-12,15,17-18,22,26H,13-14,16H2,1-3H3,(H,36,42)(H,37,43)(H,39,40)/t18-,22+,26+/m1/s1. The van der Waals surface area contributed by atoms with Gasteiger partial charge in [0.05, 0.1) is 24.2 Å². The van der Waals surface area contributed by atoms with Crippen LogP contribution in [0.15, 0.2) is 65.2 Å². The summed E-state index contributed by atoms with van der Waals surface area (Å²) < 4.78 is 50.8. The Morgan fingerprint density at radius 1 is 0.933 bits per heavy atom. The highest BCUT2D eigenvalue weighted by Crippen LogP contribution is 2.37. The Balaban J connectivity index is 1.67. The van der Waals surface area contributed by atoms with Crippen molar-refractivity contribution in [1.82, 2.24) is 15.6 Å². The summed E-state index contributed by atoms with van der Waals surface area (Å²) in [5.74, 6) is -6.47. The van der Waals surface area contributed by atoms with Crippen LogP contribution in [-0.2, 0) is 31.9 Å². The fourth-order valence-corrected chi connectivity index (χ4v) is 4.34. The van der Waals surface area contributed by atoms with Crippen molar-refractivity contribution < 1.29 is 51.4 Å². The van der Waals surface area contributed by atoms with E-state index in [9.17, 15) is 42.3 Å². The molecule has 2 amide bonds. The van der Waals surface area contributed by atoms with Gasteiger partial charge in [0, 0.05) is 17.9 Å². The zero-order valence-electron chi connectivity index (χ0n) is 24.6. The second-order valence-corrected chi connectivity index (χ2v) is 10.6. The van der Waals surface area contributed by atoms with Gasteiger partial charge in [-0.3, -0.25) is 19.2 Å². The van der Waals surface area contributed by atoms with E-state index in [1.165, 1.54) is 19.1 Å². The summed E-state index contributed by atoms with van der Waals surface area (Å²) >= 11 is 0. The van der Waals surface area contributed by atoms with Crippen LogP contribution in [0.1, 0.15) is 55.4 Å². The molecule has 240 valence electrons. The van der Waals surface area contributed by atoms with Crippen LogP contribution in [0, 0.1) is 11.8 Å². The topological polar surface area (TPSA) is 165 Å². The molecule has 0 unspecified atom stereocenters. The Morgan fingerprint density at radius 2 is 1.58 bits per heavy atom. The molecule has 0 fully saturated rings. The first-order valence-electron chi connectivity index (χ1n) is 13.9. The fraction of sp³-hybridized carbons (Fsp3) is 0.355. The Labute approximate surface area is 256 Å². The van der Waals surface area contributed by atoms with E-state index in [1.54, 1.807) is 44.2 Å². The molecule has 3 rings (SSSR count). The lowest BCUT2D eigenvalue weighted by atomic mass is 9.92. The number of halogens is 3. The molecule has 0 bridgehead atoms. The number of Topliss-reactive ketones (excluding diaryl/α,β-unsaturated/α-hetero) is 2. The molecule has 0 saturated carbocycles. The van der Waals surface area contributed by atoms with Gasteiger partial charge >= 0.3 is 18.2 Å². The molecule has 1 aromatic heterocycles. The molecule has 0 aliphatic carbocycles. The molecule has 3 aromatic rings. The number of benzene rings is 2. The highest BCUT2D eigenvalue weighted by Gasteiger charge is 2.36. The number of rotatable bonds is 14. The number of carboxylic acids is 1. The van der Waals surface area contributed by atoms with Crippen LogP contribution in [0.2, 0.25) is 0 Å². The molecule has 0 aliphatic rings.